The van der Waals surface area contributed by atoms with Gasteiger partial charge in [0.2, 0.25) is 11.7 Å². The Bertz CT molecular complexity index is 1670. The second-order valence-corrected chi connectivity index (χ2v) is 13.5. The van der Waals surface area contributed by atoms with Crippen molar-refractivity contribution in [2.75, 3.05) is 43.6 Å². The smallest absolute Gasteiger partial charge is 0.477 e. The van der Waals surface area contributed by atoms with E-state index < -0.39 is 37.5 Å². The van der Waals surface area contributed by atoms with Gasteiger partial charge in [0.05, 0.1) is 38.7 Å². The van der Waals surface area contributed by atoms with Crippen molar-refractivity contribution in [2.24, 2.45) is 0 Å². The van der Waals surface area contributed by atoms with E-state index >= 15 is 4.39 Å². The second-order valence-electron chi connectivity index (χ2n) is 11.9. The third-order valence-electron chi connectivity index (χ3n) is 5.86. The van der Waals surface area contributed by atoms with Gasteiger partial charge >= 0.3 is 7.82 Å². The number of anilines is 5. The van der Waals surface area contributed by atoms with Gasteiger partial charge in [-0.3, -0.25) is 23.3 Å². The molecule has 0 saturated carbocycles. The molecule has 0 fully saturated rings. The summed E-state index contributed by atoms with van der Waals surface area (Å²) in [5.74, 6) is -0.708. The molecule has 0 saturated heterocycles. The number of phosphoric acid groups is 1. The lowest BCUT2D eigenvalue weighted by Crippen LogP contribution is -2.29. The van der Waals surface area contributed by atoms with E-state index in [4.69, 9.17) is 32.5 Å². The van der Waals surface area contributed by atoms with Gasteiger partial charge in [0.25, 0.3) is 5.91 Å². The molecule has 1 aliphatic rings. The number of fused-ring (bicyclic) bond motifs is 1. The Hall–Kier alpha value is -4.50. The maximum absolute atomic E-state index is 15.6. The Kier molecular flexibility index (Phi) is 10.3. The number of phosphoric ester groups is 1. The Labute approximate surface area is 272 Å². The van der Waals surface area contributed by atoms with Crippen molar-refractivity contribution < 1.29 is 46.3 Å². The highest BCUT2D eigenvalue weighted by Gasteiger charge is 2.38. The molecule has 3 heterocycles. The molecule has 0 unspecified atom stereocenters. The quantitative estimate of drug-likeness (QED) is 0.122. The Morgan fingerprint density at radius 1 is 1.00 bits per heavy atom. The highest BCUT2D eigenvalue weighted by molar-refractivity contribution is 7.48. The molecule has 1 amide bonds. The number of carbonyl (C=O) groups is 1. The summed E-state index contributed by atoms with van der Waals surface area (Å²) < 4.78 is 68.5. The lowest BCUT2D eigenvalue weighted by Gasteiger charge is -2.32. The third kappa shape index (κ3) is 8.86. The van der Waals surface area contributed by atoms with Crippen LogP contribution in [-0.4, -0.2) is 60.1 Å². The van der Waals surface area contributed by atoms with Crippen LogP contribution in [0, 0.1) is 5.82 Å². The molecule has 0 aliphatic carbocycles. The van der Waals surface area contributed by atoms with E-state index in [1.165, 1.54) is 33.5 Å². The van der Waals surface area contributed by atoms with Gasteiger partial charge in [0.1, 0.15) is 12.5 Å². The van der Waals surface area contributed by atoms with E-state index in [0.717, 1.165) is 11.1 Å². The van der Waals surface area contributed by atoms with Crippen molar-refractivity contribution >= 4 is 42.8 Å². The molecule has 4 rings (SSSR count). The SMILES string of the molecule is C=C1Oc2ccc(N(COP(=O)(OC(C)(C)C)OC(C)(C)C)c3nc(Nc4cc(OC)c(OC)c(OC)c4)ncc3F)nc2NC1=O. The zero-order valence-corrected chi connectivity index (χ0v) is 28.5. The average Bonchev–Trinajstić information content (AvgIpc) is 2.96. The predicted octanol–water partition coefficient (Wildman–Crippen LogP) is 6.48. The van der Waals surface area contributed by atoms with Crippen LogP contribution in [0.5, 0.6) is 23.0 Å². The molecule has 47 heavy (non-hydrogen) atoms. The molecule has 2 N–H and O–H groups in total. The maximum atomic E-state index is 15.6. The number of aromatic nitrogens is 3. The molecule has 17 heteroatoms. The van der Waals surface area contributed by atoms with Gasteiger partial charge in [-0.25, -0.2) is 18.9 Å². The second kappa shape index (κ2) is 13.7. The van der Waals surface area contributed by atoms with Gasteiger partial charge in [-0.05, 0) is 53.7 Å². The molecule has 2 aromatic heterocycles. The number of pyridine rings is 1. The summed E-state index contributed by atoms with van der Waals surface area (Å²) in [6.07, 6.45) is 0.930. The van der Waals surface area contributed by atoms with Crippen LogP contribution in [0.15, 0.2) is 42.8 Å². The highest BCUT2D eigenvalue weighted by atomic mass is 31.2. The zero-order chi connectivity index (χ0) is 34.7. The summed E-state index contributed by atoms with van der Waals surface area (Å²) in [5.41, 5.74) is -1.47. The van der Waals surface area contributed by atoms with Crippen molar-refractivity contribution in [3.05, 3.63) is 48.6 Å². The van der Waals surface area contributed by atoms with Crippen molar-refractivity contribution in [1.82, 2.24) is 15.0 Å². The average molecular weight is 677 g/mol. The first-order chi connectivity index (χ1) is 21.9. The van der Waals surface area contributed by atoms with Gasteiger partial charge in [-0.2, -0.15) is 4.98 Å². The largest absolute Gasteiger partial charge is 0.493 e. The van der Waals surface area contributed by atoms with E-state index in [9.17, 15) is 9.36 Å². The van der Waals surface area contributed by atoms with Crippen LogP contribution in [0.4, 0.5) is 33.5 Å². The van der Waals surface area contributed by atoms with Crippen LogP contribution in [0.1, 0.15) is 41.5 Å². The first-order valence-corrected chi connectivity index (χ1v) is 15.6. The van der Waals surface area contributed by atoms with E-state index in [0.29, 0.717) is 22.9 Å². The number of hydrogen-bond donors (Lipinski definition) is 2. The van der Waals surface area contributed by atoms with E-state index in [1.807, 2.05) is 0 Å². The Morgan fingerprint density at radius 3 is 2.17 bits per heavy atom. The van der Waals surface area contributed by atoms with Crippen molar-refractivity contribution in [1.29, 1.82) is 0 Å². The fraction of sp³-hybridized carbons (Fsp3) is 0.400. The maximum Gasteiger partial charge on any atom is 0.477 e. The lowest BCUT2D eigenvalue weighted by atomic mass is 10.2. The van der Waals surface area contributed by atoms with Gasteiger partial charge in [0, 0.05) is 17.8 Å². The number of nitrogens with zero attached hydrogens (tertiary/aromatic N) is 4. The van der Waals surface area contributed by atoms with Crippen molar-refractivity contribution in [2.45, 2.75) is 52.7 Å². The highest BCUT2D eigenvalue weighted by Crippen LogP contribution is 2.56. The molecule has 1 aliphatic heterocycles. The molecular weight excluding hydrogens is 638 g/mol. The summed E-state index contributed by atoms with van der Waals surface area (Å²) in [6, 6.07) is 6.17. The first kappa shape index (κ1) is 35.4. The fourth-order valence-electron chi connectivity index (χ4n) is 4.11. The van der Waals surface area contributed by atoms with Crippen molar-refractivity contribution in [3.8, 4) is 23.0 Å². The number of nitrogens with one attached hydrogen (secondary N) is 2. The van der Waals surface area contributed by atoms with Crippen LogP contribution < -0.4 is 34.5 Å². The molecule has 0 radical (unpaired) electrons. The Morgan fingerprint density at radius 2 is 1.62 bits per heavy atom. The van der Waals surface area contributed by atoms with E-state index in [2.05, 4.69) is 32.2 Å². The number of benzene rings is 1. The minimum atomic E-state index is -4.30. The molecule has 3 aromatic rings. The molecule has 1 aromatic carbocycles. The van der Waals surface area contributed by atoms with Gasteiger partial charge in [-0.1, -0.05) is 6.58 Å². The number of carbonyl (C=O) groups excluding carboxylic acids is 1. The van der Waals surface area contributed by atoms with E-state index in [-0.39, 0.29) is 34.9 Å². The number of hydrogen-bond acceptors (Lipinski definition) is 14. The predicted molar refractivity (Wildman–Crippen MR) is 171 cm³/mol. The van der Waals surface area contributed by atoms with Gasteiger partial charge in [0.15, 0.2) is 40.5 Å². The number of ether oxygens (including phenoxy) is 4. The normalized spacial score (nSPS) is 13.3. The summed E-state index contributed by atoms with van der Waals surface area (Å²) in [4.78, 5) is 26.3. The van der Waals surface area contributed by atoms with E-state index in [1.54, 1.807) is 53.7 Å². The molecule has 15 nitrogen and oxygen atoms in total. The molecular formula is C30H38FN6O9P. The fourth-order valence-corrected chi connectivity index (χ4v) is 5.85. The minimum Gasteiger partial charge on any atom is -0.493 e. The van der Waals surface area contributed by atoms with Crippen LogP contribution in [0.3, 0.4) is 0 Å². The van der Waals surface area contributed by atoms with Gasteiger partial charge < -0.3 is 29.6 Å². The molecule has 0 atom stereocenters. The number of methoxy groups -OCH3 is 3. The third-order valence-corrected chi connectivity index (χ3v) is 7.83. The summed E-state index contributed by atoms with van der Waals surface area (Å²) >= 11 is 0. The van der Waals surface area contributed by atoms with Gasteiger partial charge in [-0.15, -0.1) is 0 Å². The Balaban J connectivity index is 1.78. The topological polar surface area (TPSA) is 165 Å². The summed E-state index contributed by atoms with van der Waals surface area (Å²) in [6.45, 7) is 13.0. The van der Waals surface area contributed by atoms with Crippen LogP contribution in [0.2, 0.25) is 0 Å². The number of halogens is 1. The minimum absolute atomic E-state index is 0.0227. The number of rotatable bonds is 12. The van der Waals surface area contributed by atoms with Crippen molar-refractivity contribution in [3.63, 3.8) is 0 Å². The summed E-state index contributed by atoms with van der Waals surface area (Å²) in [5, 5.41) is 5.55. The molecule has 254 valence electrons. The summed E-state index contributed by atoms with van der Waals surface area (Å²) in [7, 11) is 0.0978. The zero-order valence-electron chi connectivity index (χ0n) is 27.6. The number of amides is 1. The van der Waals surface area contributed by atoms with Crippen LogP contribution in [0.25, 0.3) is 0 Å². The monoisotopic (exact) mass is 676 g/mol. The standard InChI is InChI=1S/C30H38FN6O9P/c1-17-27(38)35-25-20(44-17)11-12-23(34-25)37(16-43-47(39,45-29(2,3)4)46-30(5,6)7)26-19(31)15-32-28(36-26)33-18-13-21(40-8)24(42-10)22(14-18)41-9/h11-15H,1,16H2,2-10H3,(H,32,33,36)(H,34,35,38). The molecule has 0 spiro atoms. The van der Waals surface area contributed by atoms with Crippen LogP contribution in [-0.2, 0) is 22.9 Å². The first-order valence-electron chi connectivity index (χ1n) is 14.2. The molecule has 0 bridgehead atoms. The lowest BCUT2D eigenvalue weighted by molar-refractivity contribution is -0.115. The van der Waals surface area contributed by atoms with Crippen LogP contribution >= 0.6 is 7.82 Å².